The summed E-state index contributed by atoms with van der Waals surface area (Å²) in [4.78, 5) is 18.0. The normalized spacial score (nSPS) is 11.6. The van der Waals surface area contributed by atoms with Crippen molar-refractivity contribution in [3.05, 3.63) is 47.0 Å². The van der Waals surface area contributed by atoms with E-state index in [-0.39, 0.29) is 35.5 Å². The molecule has 0 fully saturated rings. The van der Waals surface area contributed by atoms with Crippen LogP contribution in [-0.2, 0) is 6.54 Å². The Morgan fingerprint density at radius 1 is 1.23 bits per heavy atom. The largest absolute Gasteiger partial charge is 0.507 e. The predicted molar refractivity (Wildman–Crippen MR) is 95.6 cm³/mol. The van der Waals surface area contributed by atoms with Crippen molar-refractivity contribution in [1.29, 1.82) is 0 Å². The standard InChI is InChI=1S/C19H25F2N3O2/c1-11(2)13-8-14(12(3)4)17(25)15(9-13)18(26)23(5)10-16-22-6-7-24(16)19(20)21/h6-9,11-12,19,25H,10H2,1-5H3. The van der Waals surface area contributed by atoms with Crippen molar-refractivity contribution in [1.82, 2.24) is 14.5 Å². The van der Waals surface area contributed by atoms with Crippen LogP contribution in [0.25, 0.3) is 0 Å². The lowest BCUT2D eigenvalue weighted by atomic mass is 9.91. The third-order valence-electron chi connectivity index (χ3n) is 4.37. The molecule has 0 saturated carbocycles. The van der Waals surface area contributed by atoms with Gasteiger partial charge in [-0.15, -0.1) is 0 Å². The highest BCUT2D eigenvalue weighted by molar-refractivity contribution is 5.97. The lowest BCUT2D eigenvalue weighted by Crippen LogP contribution is -2.28. The van der Waals surface area contributed by atoms with Gasteiger partial charge in [-0.25, -0.2) is 4.98 Å². The molecule has 26 heavy (non-hydrogen) atoms. The Bertz CT molecular complexity index is 785. The van der Waals surface area contributed by atoms with Crippen molar-refractivity contribution in [2.75, 3.05) is 7.05 Å². The van der Waals surface area contributed by atoms with E-state index in [1.807, 2.05) is 33.8 Å². The number of nitrogens with zero attached hydrogens (tertiary/aromatic N) is 3. The van der Waals surface area contributed by atoms with Crippen LogP contribution in [0, 0.1) is 0 Å². The van der Waals surface area contributed by atoms with Gasteiger partial charge in [-0.2, -0.15) is 8.78 Å². The molecule has 1 N–H and O–H groups in total. The molecule has 0 aliphatic carbocycles. The van der Waals surface area contributed by atoms with Gasteiger partial charge in [-0.1, -0.05) is 33.8 Å². The van der Waals surface area contributed by atoms with Crippen LogP contribution in [0.3, 0.4) is 0 Å². The van der Waals surface area contributed by atoms with Gasteiger partial charge >= 0.3 is 6.55 Å². The van der Waals surface area contributed by atoms with Crippen LogP contribution in [-0.4, -0.2) is 32.5 Å². The minimum atomic E-state index is -2.72. The highest BCUT2D eigenvalue weighted by Crippen LogP contribution is 2.33. The Morgan fingerprint density at radius 2 is 1.88 bits per heavy atom. The second-order valence-electron chi connectivity index (χ2n) is 7.01. The van der Waals surface area contributed by atoms with Crippen molar-refractivity contribution in [3.63, 3.8) is 0 Å². The summed E-state index contributed by atoms with van der Waals surface area (Å²) in [6, 6.07) is 3.58. The second kappa shape index (κ2) is 7.85. The van der Waals surface area contributed by atoms with Gasteiger partial charge in [0.25, 0.3) is 5.91 Å². The maximum absolute atomic E-state index is 13.0. The van der Waals surface area contributed by atoms with E-state index in [1.54, 1.807) is 6.07 Å². The second-order valence-corrected chi connectivity index (χ2v) is 7.01. The van der Waals surface area contributed by atoms with E-state index in [4.69, 9.17) is 0 Å². The fourth-order valence-electron chi connectivity index (χ4n) is 2.75. The number of phenols is 1. The Balaban J connectivity index is 2.37. The van der Waals surface area contributed by atoms with Gasteiger partial charge in [-0.3, -0.25) is 9.36 Å². The number of hydrogen-bond acceptors (Lipinski definition) is 3. The van der Waals surface area contributed by atoms with E-state index in [0.717, 1.165) is 5.56 Å². The van der Waals surface area contributed by atoms with Gasteiger partial charge in [0.15, 0.2) is 0 Å². The fourth-order valence-corrected chi connectivity index (χ4v) is 2.75. The Kier molecular flexibility index (Phi) is 6.00. The number of amides is 1. The molecule has 0 saturated heterocycles. The highest BCUT2D eigenvalue weighted by Gasteiger charge is 2.23. The van der Waals surface area contributed by atoms with Crippen LogP contribution in [0.15, 0.2) is 24.5 Å². The number of imidazole rings is 1. The molecular formula is C19H25F2N3O2. The van der Waals surface area contributed by atoms with Gasteiger partial charge in [-0.05, 0) is 29.0 Å². The highest BCUT2D eigenvalue weighted by atomic mass is 19.3. The number of benzene rings is 1. The van der Waals surface area contributed by atoms with Crippen LogP contribution >= 0.6 is 0 Å². The van der Waals surface area contributed by atoms with Gasteiger partial charge in [0.05, 0.1) is 12.1 Å². The monoisotopic (exact) mass is 365 g/mol. The number of rotatable bonds is 6. The lowest BCUT2D eigenvalue weighted by Gasteiger charge is -2.21. The predicted octanol–water partition coefficient (Wildman–Crippen LogP) is 4.50. The van der Waals surface area contributed by atoms with Gasteiger partial charge in [0.2, 0.25) is 0 Å². The smallest absolute Gasteiger partial charge is 0.319 e. The molecule has 0 bridgehead atoms. The summed E-state index contributed by atoms with van der Waals surface area (Å²) in [7, 11) is 1.50. The Hall–Kier alpha value is -2.44. The van der Waals surface area contributed by atoms with Gasteiger partial charge in [0.1, 0.15) is 11.6 Å². The van der Waals surface area contributed by atoms with Crippen molar-refractivity contribution >= 4 is 5.91 Å². The minimum absolute atomic E-state index is 0.0447. The third-order valence-corrected chi connectivity index (χ3v) is 4.37. The zero-order valence-corrected chi connectivity index (χ0v) is 15.7. The Morgan fingerprint density at radius 3 is 2.42 bits per heavy atom. The number of alkyl halides is 2. The molecule has 1 amide bonds. The topological polar surface area (TPSA) is 58.4 Å². The van der Waals surface area contributed by atoms with Crippen molar-refractivity contribution in [3.8, 4) is 5.75 Å². The maximum Gasteiger partial charge on any atom is 0.319 e. The van der Waals surface area contributed by atoms with Crippen LogP contribution in [0.1, 0.15) is 73.4 Å². The van der Waals surface area contributed by atoms with Gasteiger partial charge in [0, 0.05) is 19.4 Å². The average molecular weight is 365 g/mol. The number of carbonyl (C=O) groups excluding carboxylic acids is 1. The molecule has 7 heteroatoms. The van der Waals surface area contributed by atoms with Crippen molar-refractivity contribution in [2.24, 2.45) is 0 Å². The van der Waals surface area contributed by atoms with E-state index < -0.39 is 12.5 Å². The molecule has 142 valence electrons. The number of aromatic nitrogens is 2. The summed E-state index contributed by atoms with van der Waals surface area (Å²) in [6.07, 6.45) is 2.44. The van der Waals surface area contributed by atoms with Gasteiger partial charge < -0.3 is 10.0 Å². The van der Waals surface area contributed by atoms with E-state index in [9.17, 15) is 18.7 Å². The molecule has 2 rings (SSSR count). The molecule has 0 unspecified atom stereocenters. The van der Waals surface area contributed by atoms with Crippen LogP contribution in [0.2, 0.25) is 0 Å². The van der Waals surface area contributed by atoms with Crippen LogP contribution in [0.5, 0.6) is 5.75 Å². The minimum Gasteiger partial charge on any atom is -0.507 e. The molecule has 1 aromatic heterocycles. The molecule has 1 aromatic carbocycles. The molecular weight excluding hydrogens is 340 g/mol. The number of aromatic hydroxyl groups is 1. The molecule has 1 heterocycles. The van der Waals surface area contributed by atoms with Crippen molar-refractivity contribution in [2.45, 2.75) is 52.6 Å². The van der Waals surface area contributed by atoms with E-state index in [2.05, 4.69) is 4.98 Å². The van der Waals surface area contributed by atoms with Crippen LogP contribution in [0.4, 0.5) is 8.78 Å². The fraction of sp³-hybridized carbons (Fsp3) is 0.474. The zero-order valence-electron chi connectivity index (χ0n) is 15.7. The number of hydrogen-bond donors (Lipinski definition) is 1. The zero-order chi connectivity index (χ0) is 19.6. The quantitative estimate of drug-likeness (QED) is 0.820. The Labute approximate surface area is 152 Å². The molecule has 5 nitrogen and oxygen atoms in total. The number of halogens is 2. The summed E-state index contributed by atoms with van der Waals surface area (Å²) >= 11 is 0. The molecule has 0 spiro atoms. The average Bonchev–Trinajstić information content (AvgIpc) is 3.02. The molecule has 0 aliphatic heterocycles. The summed E-state index contributed by atoms with van der Waals surface area (Å²) in [5.74, 6) is -0.181. The van der Waals surface area contributed by atoms with E-state index >= 15 is 0 Å². The summed E-state index contributed by atoms with van der Waals surface area (Å²) in [5.41, 5.74) is 1.82. The molecule has 0 aliphatic rings. The number of phenolic OH excluding ortho intramolecular Hbond substituents is 1. The lowest BCUT2D eigenvalue weighted by molar-refractivity contribution is 0.0611. The summed E-state index contributed by atoms with van der Waals surface area (Å²) in [6.45, 7) is 5.09. The summed E-state index contributed by atoms with van der Waals surface area (Å²) in [5, 5.41) is 10.6. The first-order valence-corrected chi connectivity index (χ1v) is 8.55. The summed E-state index contributed by atoms with van der Waals surface area (Å²) < 4.78 is 26.6. The molecule has 2 aromatic rings. The SMILES string of the molecule is CC(C)c1cc(C(=O)N(C)Cc2nccn2C(F)F)c(O)c(C(C)C)c1. The first kappa shape index (κ1) is 19.9. The van der Waals surface area contributed by atoms with E-state index in [1.165, 1.54) is 24.3 Å². The maximum atomic E-state index is 13.0. The van der Waals surface area contributed by atoms with Crippen molar-refractivity contribution < 1.29 is 18.7 Å². The molecule has 0 atom stereocenters. The third kappa shape index (κ3) is 4.03. The van der Waals surface area contributed by atoms with Crippen LogP contribution < -0.4 is 0 Å². The first-order valence-electron chi connectivity index (χ1n) is 8.55. The number of carbonyl (C=O) groups is 1. The molecule has 0 radical (unpaired) electrons. The first-order chi connectivity index (χ1) is 12.1. The van der Waals surface area contributed by atoms with E-state index in [0.29, 0.717) is 10.1 Å².